The predicted molar refractivity (Wildman–Crippen MR) is 141 cm³/mol. The molecule has 0 radical (unpaired) electrons. The number of likely N-dealkylation sites (tertiary alicyclic amines) is 1. The van der Waals surface area contributed by atoms with Gasteiger partial charge < -0.3 is 5.11 Å². The number of aryl methyl sites for hydroxylation is 2. The lowest BCUT2D eigenvalue weighted by Gasteiger charge is -2.42. The van der Waals surface area contributed by atoms with Crippen molar-refractivity contribution in [1.82, 2.24) is 4.90 Å². The van der Waals surface area contributed by atoms with Gasteiger partial charge in [0.2, 0.25) is 11.8 Å². The molecule has 0 bridgehead atoms. The van der Waals surface area contributed by atoms with Crippen LogP contribution in [0.2, 0.25) is 0 Å². The first-order valence-corrected chi connectivity index (χ1v) is 13.1. The molecule has 38 heavy (non-hydrogen) atoms. The molecule has 4 aliphatic rings. The normalized spacial score (nSPS) is 26.7. The highest BCUT2D eigenvalue weighted by molar-refractivity contribution is 6.23. The molecule has 192 valence electrons. The van der Waals surface area contributed by atoms with E-state index in [1.54, 1.807) is 6.92 Å². The summed E-state index contributed by atoms with van der Waals surface area (Å²) in [5.41, 5.74) is 5.29. The van der Waals surface area contributed by atoms with Crippen LogP contribution in [0.5, 0.6) is 5.75 Å². The fourth-order valence-electron chi connectivity index (χ4n) is 6.90. The lowest BCUT2D eigenvalue weighted by atomic mass is 9.59. The number of hydrogen-bond acceptors (Lipinski definition) is 5. The summed E-state index contributed by atoms with van der Waals surface area (Å²) in [6, 6.07) is 13.2. The molecule has 1 aliphatic heterocycles. The Labute approximate surface area is 221 Å². The van der Waals surface area contributed by atoms with Gasteiger partial charge in [0.15, 0.2) is 11.6 Å². The monoisotopic (exact) mass is 507 g/mol. The molecule has 6 rings (SSSR count). The van der Waals surface area contributed by atoms with Crippen LogP contribution in [-0.2, 0) is 25.7 Å². The number of hydrogen-bond donors (Lipinski definition) is 1. The quantitative estimate of drug-likeness (QED) is 0.371. The summed E-state index contributed by atoms with van der Waals surface area (Å²) < 4.78 is 0. The molecule has 1 heterocycles. The van der Waals surface area contributed by atoms with Gasteiger partial charge in [0.05, 0.1) is 18.4 Å². The lowest BCUT2D eigenvalue weighted by molar-refractivity contribution is -0.140. The van der Waals surface area contributed by atoms with Gasteiger partial charge in [-0.05, 0) is 67.9 Å². The number of phenolic OH excluding ortho intramolecular Hbond substituents is 1. The molecule has 0 aromatic heterocycles. The van der Waals surface area contributed by atoms with Crippen molar-refractivity contribution < 1.29 is 24.3 Å². The standard InChI is InChI=1S/C32H29NO5/c1-16-11-20(12-17(2)29(16)35)26-21-9-10-22-27(23(21)14-24-28(26)25(34)13-18(3)30(24)36)32(38)33(31(22)37)15-19-7-5-4-6-8-19/h4-9,11-13,22-23,26-27,35H,10,14-15H2,1-3H3/t22-,23+,26-,27-/m0/s1. The number of imide groups is 1. The second kappa shape index (κ2) is 8.76. The third-order valence-corrected chi connectivity index (χ3v) is 8.68. The molecule has 3 aliphatic carbocycles. The van der Waals surface area contributed by atoms with E-state index in [4.69, 9.17) is 0 Å². The van der Waals surface area contributed by atoms with Crippen LogP contribution >= 0.6 is 0 Å². The molecule has 1 N–H and O–H groups in total. The van der Waals surface area contributed by atoms with Crippen LogP contribution < -0.4 is 0 Å². The molecular formula is C32H29NO5. The van der Waals surface area contributed by atoms with Gasteiger partial charge in [-0.1, -0.05) is 54.1 Å². The third-order valence-electron chi connectivity index (χ3n) is 8.68. The Kier molecular flexibility index (Phi) is 5.60. The fourth-order valence-corrected chi connectivity index (χ4v) is 6.90. The van der Waals surface area contributed by atoms with Crippen molar-refractivity contribution in [3.8, 4) is 5.75 Å². The third kappa shape index (κ3) is 3.54. The van der Waals surface area contributed by atoms with Crippen LogP contribution in [-0.4, -0.2) is 33.4 Å². The van der Waals surface area contributed by atoms with Crippen LogP contribution in [0.4, 0.5) is 0 Å². The first-order chi connectivity index (χ1) is 18.2. The van der Waals surface area contributed by atoms with Crippen LogP contribution in [0.3, 0.4) is 0 Å². The van der Waals surface area contributed by atoms with Crippen molar-refractivity contribution >= 4 is 23.4 Å². The summed E-state index contributed by atoms with van der Waals surface area (Å²) in [7, 11) is 0. The van der Waals surface area contributed by atoms with E-state index < -0.39 is 17.8 Å². The number of nitrogens with zero attached hydrogens (tertiary/aromatic N) is 1. The summed E-state index contributed by atoms with van der Waals surface area (Å²) in [6.45, 7) is 5.49. The predicted octanol–water partition coefficient (Wildman–Crippen LogP) is 4.64. The Hall–Kier alpha value is -4.06. The zero-order valence-electron chi connectivity index (χ0n) is 21.7. The number of phenols is 1. The molecule has 0 saturated carbocycles. The number of aromatic hydroxyl groups is 1. The van der Waals surface area contributed by atoms with Gasteiger partial charge in [-0.15, -0.1) is 0 Å². The van der Waals surface area contributed by atoms with Crippen LogP contribution in [0.1, 0.15) is 47.9 Å². The van der Waals surface area contributed by atoms with Crippen molar-refractivity contribution in [3.05, 3.63) is 99.2 Å². The SMILES string of the molecule is CC1=CC(=O)C2=C(C[C@@H]3C(=CC[C@@H]4C(=O)N(Cc5ccccc5)C(=O)[C@@H]43)[C@@H]2c2cc(C)c(O)c(C)c2)C1=O. The number of benzene rings is 2. The molecule has 6 heteroatoms. The minimum atomic E-state index is -0.573. The number of fused-ring (bicyclic) bond motifs is 3. The van der Waals surface area contributed by atoms with E-state index in [-0.39, 0.29) is 48.0 Å². The van der Waals surface area contributed by atoms with Crippen molar-refractivity contribution in [2.24, 2.45) is 17.8 Å². The summed E-state index contributed by atoms with van der Waals surface area (Å²) in [5.74, 6) is -2.45. The molecule has 0 spiro atoms. The van der Waals surface area contributed by atoms with Gasteiger partial charge in [0, 0.05) is 22.6 Å². The maximum atomic E-state index is 13.8. The van der Waals surface area contributed by atoms with Gasteiger partial charge >= 0.3 is 0 Å². The highest BCUT2D eigenvalue weighted by atomic mass is 16.3. The molecule has 0 unspecified atom stereocenters. The molecular weight excluding hydrogens is 478 g/mol. The highest BCUT2D eigenvalue weighted by Crippen LogP contribution is 2.55. The second-order valence-corrected chi connectivity index (χ2v) is 11.0. The Morgan fingerprint density at radius 2 is 1.61 bits per heavy atom. The molecule has 1 fully saturated rings. The average Bonchev–Trinajstić information content (AvgIpc) is 3.14. The van der Waals surface area contributed by atoms with E-state index in [0.717, 1.165) is 16.7 Å². The number of ketones is 2. The molecule has 2 amide bonds. The van der Waals surface area contributed by atoms with Crippen LogP contribution in [0.25, 0.3) is 0 Å². The minimum absolute atomic E-state index is 0.170. The molecule has 2 aromatic rings. The van der Waals surface area contributed by atoms with E-state index in [9.17, 15) is 24.3 Å². The van der Waals surface area contributed by atoms with Crippen molar-refractivity contribution in [2.45, 2.75) is 46.1 Å². The Morgan fingerprint density at radius 1 is 0.921 bits per heavy atom. The molecule has 1 saturated heterocycles. The van der Waals surface area contributed by atoms with Crippen LogP contribution in [0, 0.1) is 31.6 Å². The number of rotatable bonds is 3. The van der Waals surface area contributed by atoms with Gasteiger partial charge in [-0.2, -0.15) is 0 Å². The zero-order valence-corrected chi connectivity index (χ0v) is 21.7. The lowest BCUT2D eigenvalue weighted by Crippen LogP contribution is -2.39. The van der Waals surface area contributed by atoms with Crippen molar-refractivity contribution in [2.75, 3.05) is 0 Å². The number of allylic oxidation sites excluding steroid dienone is 6. The summed E-state index contributed by atoms with van der Waals surface area (Å²) in [6.07, 6.45) is 4.12. The van der Waals surface area contributed by atoms with E-state index in [1.165, 1.54) is 11.0 Å². The van der Waals surface area contributed by atoms with E-state index >= 15 is 0 Å². The minimum Gasteiger partial charge on any atom is -0.507 e. The molecule has 2 aromatic carbocycles. The Morgan fingerprint density at radius 3 is 2.29 bits per heavy atom. The van der Waals surface area contributed by atoms with E-state index in [0.29, 0.717) is 34.3 Å². The Balaban J connectivity index is 1.47. The van der Waals surface area contributed by atoms with Gasteiger partial charge in [-0.3, -0.25) is 24.1 Å². The zero-order chi connectivity index (χ0) is 26.9. The van der Waals surface area contributed by atoms with Crippen LogP contribution in [0.15, 0.2) is 76.9 Å². The highest BCUT2D eigenvalue weighted by Gasteiger charge is 2.56. The van der Waals surface area contributed by atoms with Crippen molar-refractivity contribution in [3.63, 3.8) is 0 Å². The number of Topliss-reactive ketones (excluding diaryl/α,β-unsaturated/α-hetero) is 1. The first-order valence-electron chi connectivity index (χ1n) is 13.1. The van der Waals surface area contributed by atoms with Gasteiger partial charge in [0.1, 0.15) is 5.75 Å². The largest absolute Gasteiger partial charge is 0.507 e. The molecule has 4 atom stereocenters. The number of amides is 2. The van der Waals surface area contributed by atoms with E-state index in [1.807, 2.05) is 62.4 Å². The second-order valence-electron chi connectivity index (χ2n) is 11.0. The summed E-state index contributed by atoms with van der Waals surface area (Å²) in [4.78, 5) is 55.4. The van der Waals surface area contributed by atoms with Crippen molar-refractivity contribution in [1.29, 1.82) is 0 Å². The van der Waals surface area contributed by atoms with Gasteiger partial charge in [0.25, 0.3) is 0 Å². The summed E-state index contributed by atoms with van der Waals surface area (Å²) in [5, 5.41) is 10.4. The average molecular weight is 508 g/mol. The topological polar surface area (TPSA) is 91.8 Å². The number of carbonyl (C=O) groups is 4. The Bertz CT molecular complexity index is 1500. The maximum Gasteiger partial charge on any atom is 0.234 e. The maximum absolute atomic E-state index is 13.8. The summed E-state index contributed by atoms with van der Waals surface area (Å²) >= 11 is 0. The number of carbonyl (C=O) groups excluding carboxylic acids is 4. The fraction of sp³-hybridized carbons (Fsp3) is 0.312. The smallest absolute Gasteiger partial charge is 0.234 e. The first kappa shape index (κ1) is 24.3. The molecule has 6 nitrogen and oxygen atoms in total. The van der Waals surface area contributed by atoms with Gasteiger partial charge in [-0.25, -0.2) is 0 Å². The van der Waals surface area contributed by atoms with E-state index in [2.05, 4.69) is 0 Å².